The summed E-state index contributed by atoms with van der Waals surface area (Å²) in [6.07, 6.45) is 1.87. The largest absolute Gasteiger partial charge is 0.459 e. The molecule has 2 N–H and O–H groups in total. The van der Waals surface area contributed by atoms with Crippen LogP contribution in [0.1, 0.15) is 38.5 Å². The Kier molecular flexibility index (Phi) is 6.92. The lowest BCUT2D eigenvalue weighted by Gasteiger charge is -2.25. The molecule has 6 nitrogen and oxygen atoms in total. The molecule has 0 saturated heterocycles. The fraction of sp³-hybridized carbons (Fsp3) is 0.550. The molecule has 0 aliphatic heterocycles. The molecule has 27 heavy (non-hydrogen) atoms. The number of aliphatic imine (C=N–C) groups is 1. The molecular weight excluding hydrogens is 362 g/mol. The van der Waals surface area contributed by atoms with Gasteiger partial charge in [0.05, 0.1) is 5.75 Å². The van der Waals surface area contributed by atoms with E-state index in [9.17, 15) is 8.42 Å². The minimum Gasteiger partial charge on any atom is -0.459 e. The smallest absolute Gasteiger partial charge is 0.191 e. The fourth-order valence-electron chi connectivity index (χ4n) is 2.74. The summed E-state index contributed by atoms with van der Waals surface area (Å²) in [5.74, 6) is 1.74. The Morgan fingerprint density at radius 1 is 1.22 bits per heavy atom. The topological polar surface area (TPSA) is 83.7 Å². The molecule has 0 aliphatic rings. The predicted molar refractivity (Wildman–Crippen MR) is 112 cm³/mol. The molecule has 0 fully saturated rings. The van der Waals surface area contributed by atoms with E-state index in [0.29, 0.717) is 25.5 Å². The van der Waals surface area contributed by atoms with Gasteiger partial charge >= 0.3 is 0 Å². The van der Waals surface area contributed by atoms with Gasteiger partial charge in [-0.15, -0.1) is 0 Å². The van der Waals surface area contributed by atoms with E-state index in [2.05, 4.69) is 35.5 Å². The van der Waals surface area contributed by atoms with Crippen LogP contribution < -0.4 is 10.6 Å². The molecule has 1 aromatic heterocycles. The van der Waals surface area contributed by atoms with Crippen LogP contribution in [0.5, 0.6) is 0 Å². The number of sulfone groups is 1. The maximum absolute atomic E-state index is 11.4. The molecule has 0 unspecified atom stereocenters. The maximum atomic E-state index is 11.4. The standard InChI is InChI=1S/C20H31N3O3S/c1-6-21-19(23-14-20(3,4)11-12-27(5,24)25)22-13-18-15(2)16-9-7-8-10-17(16)26-18/h7-10H,6,11-14H2,1-5H3,(H2,21,22,23). The van der Waals surface area contributed by atoms with E-state index < -0.39 is 9.84 Å². The number of fused-ring (bicyclic) bond motifs is 1. The van der Waals surface area contributed by atoms with Crippen LogP contribution in [0, 0.1) is 12.3 Å². The van der Waals surface area contributed by atoms with Gasteiger partial charge in [-0.2, -0.15) is 0 Å². The molecule has 1 aromatic carbocycles. The normalized spacial score (nSPS) is 13.1. The molecule has 0 amide bonds. The number of para-hydroxylation sites is 1. The van der Waals surface area contributed by atoms with Crippen molar-refractivity contribution in [2.75, 3.05) is 25.1 Å². The third kappa shape index (κ3) is 6.57. The highest BCUT2D eigenvalue weighted by Gasteiger charge is 2.20. The van der Waals surface area contributed by atoms with E-state index in [1.807, 2.05) is 32.0 Å². The Morgan fingerprint density at radius 2 is 1.93 bits per heavy atom. The number of nitrogens with zero attached hydrogens (tertiary/aromatic N) is 1. The molecule has 7 heteroatoms. The highest BCUT2D eigenvalue weighted by Crippen LogP contribution is 2.25. The molecule has 2 aromatic rings. The van der Waals surface area contributed by atoms with Crippen LogP contribution in [0.15, 0.2) is 33.7 Å². The van der Waals surface area contributed by atoms with Gasteiger partial charge in [-0.3, -0.25) is 0 Å². The van der Waals surface area contributed by atoms with Crippen molar-refractivity contribution in [3.05, 3.63) is 35.6 Å². The first-order valence-corrected chi connectivity index (χ1v) is 11.3. The Morgan fingerprint density at radius 3 is 2.56 bits per heavy atom. The summed E-state index contributed by atoms with van der Waals surface area (Å²) in [4.78, 5) is 4.63. The molecule has 0 spiro atoms. The van der Waals surface area contributed by atoms with Gasteiger partial charge in [0, 0.05) is 30.3 Å². The third-order valence-electron chi connectivity index (χ3n) is 4.55. The Bertz CT molecular complexity index is 898. The van der Waals surface area contributed by atoms with E-state index in [1.54, 1.807) is 0 Å². The van der Waals surface area contributed by atoms with Crippen LogP contribution in [0.25, 0.3) is 11.0 Å². The monoisotopic (exact) mass is 393 g/mol. The number of hydrogen-bond donors (Lipinski definition) is 2. The summed E-state index contributed by atoms with van der Waals surface area (Å²) < 4.78 is 28.8. The lowest BCUT2D eigenvalue weighted by atomic mass is 9.90. The van der Waals surface area contributed by atoms with Crippen molar-refractivity contribution in [3.8, 4) is 0 Å². The number of aryl methyl sites for hydroxylation is 1. The molecular formula is C20H31N3O3S. The van der Waals surface area contributed by atoms with Crippen LogP contribution in [0.4, 0.5) is 0 Å². The zero-order valence-electron chi connectivity index (χ0n) is 16.9. The van der Waals surface area contributed by atoms with Crippen molar-refractivity contribution in [2.45, 2.75) is 40.7 Å². The summed E-state index contributed by atoms with van der Waals surface area (Å²) in [6.45, 7) is 9.99. The van der Waals surface area contributed by atoms with Crippen LogP contribution in [0.2, 0.25) is 0 Å². The third-order valence-corrected chi connectivity index (χ3v) is 5.50. The van der Waals surface area contributed by atoms with Gasteiger partial charge in [-0.05, 0) is 31.7 Å². The highest BCUT2D eigenvalue weighted by atomic mass is 32.2. The summed E-state index contributed by atoms with van der Waals surface area (Å²) in [7, 11) is -2.96. The van der Waals surface area contributed by atoms with Crippen LogP contribution >= 0.6 is 0 Å². The first kappa shape index (κ1) is 21.3. The molecule has 0 aliphatic carbocycles. The lowest BCUT2D eigenvalue weighted by molar-refractivity contribution is 0.348. The van der Waals surface area contributed by atoms with Gasteiger partial charge in [0.15, 0.2) is 5.96 Å². The van der Waals surface area contributed by atoms with Crippen molar-refractivity contribution in [1.82, 2.24) is 10.6 Å². The molecule has 0 bridgehead atoms. The number of benzene rings is 1. The van der Waals surface area contributed by atoms with Crippen molar-refractivity contribution in [1.29, 1.82) is 0 Å². The fourth-order valence-corrected chi connectivity index (χ4v) is 3.66. The van der Waals surface area contributed by atoms with Crippen molar-refractivity contribution >= 4 is 26.8 Å². The van der Waals surface area contributed by atoms with E-state index in [0.717, 1.165) is 28.8 Å². The van der Waals surface area contributed by atoms with Crippen molar-refractivity contribution in [2.24, 2.45) is 10.4 Å². The number of nitrogens with one attached hydrogen (secondary N) is 2. The molecule has 0 atom stereocenters. The second-order valence-electron chi connectivity index (χ2n) is 7.74. The van der Waals surface area contributed by atoms with E-state index >= 15 is 0 Å². The first-order valence-electron chi connectivity index (χ1n) is 9.28. The molecule has 2 rings (SSSR count). The van der Waals surface area contributed by atoms with Gasteiger partial charge in [-0.1, -0.05) is 32.0 Å². The van der Waals surface area contributed by atoms with E-state index in [4.69, 9.17) is 4.42 Å². The van der Waals surface area contributed by atoms with Crippen LogP contribution in [0.3, 0.4) is 0 Å². The quantitative estimate of drug-likeness (QED) is 0.531. The zero-order chi connectivity index (χ0) is 20.1. The minimum atomic E-state index is -2.96. The van der Waals surface area contributed by atoms with Crippen molar-refractivity contribution < 1.29 is 12.8 Å². The average molecular weight is 394 g/mol. The van der Waals surface area contributed by atoms with Gasteiger partial charge in [0.2, 0.25) is 0 Å². The average Bonchev–Trinajstić information content (AvgIpc) is 2.92. The molecule has 150 valence electrons. The lowest BCUT2D eigenvalue weighted by Crippen LogP contribution is -2.42. The van der Waals surface area contributed by atoms with Crippen molar-refractivity contribution in [3.63, 3.8) is 0 Å². The summed E-state index contributed by atoms with van der Waals surface area (Å²) in [5, 5.41) is 7.67. The summed E-state index contributed by atoms with van der Waals surface area (Å²) in [6, 6.07) is 7.98. The SMILES string of the molecule is CCNC(=NCc1oc2ccccc2c1C)NCC(C)(C)CCS(C)(=O)=O. The van der Waals surface area contributed by atoms with Gasteiger partial charge in [0.25, 0.3) is 0 Å². The molecule has 0 radical (unpaired) electrons. The Balaban J connectivity index is 2.04. The Labute approximate surface area is 162 Å². The number of rotatable bonds is 8. The highest BCUT2D eigenvalue weighted by molar-refractivity contribution is 7.90. The van der Waals surface area contributed by atoms with Gasteiger partial charge in [-0.25, -0.2) is 13.4 Å². The number of hydrogen-bond acceptors (Lipinski definition) is 4. The van der Waals surface area contributed by atoms with Gasteiger partial charge in [0.1, 0.15) is 27.7 Å². The number of guanidine groups is 1. The summed E-state index contributed by atoms with van der Waals surface area (Å²) in [5.41, 5.74) is 1.83. The van der Waals surface area contributed by atoms with E-state index in [1.165, 1.54) is 6.26 Å². The zero-order valence-corrected chi connectivity index (χ0v) is 17.7. The Hall–Kier alpha value is -2.02. The minimum absolute atomic E-state index is 0.158. The second kappa shape index (κ2) is 8.78. The second-order valence-corrected chi connectivity index (χ2v) is 10.00. The van der Waals surface area contributed by atoms with E-state index in [-0.39, 0.29) is 11.2 Å². The number of furan rings is 1. The molecule has 1 heterocycles. The van der Waals surface area contributed by atoms with Crippen LogP contribution in [-0.2, 0) is 16.4 Å². The first-order chi connectivity index (χ1) is 12.6. The van der Waals surface area contributed by atoms with Gasteiger partial charge < -0.3 is 15.1 Å². The predicted octanol–water partition coefficient (Wildman–Crippen LogP) is 3.26. The maximum Gasteiger partial charge on any atom is 0.191 e. The molecule has 0 saturated carbocycles. The van der Waals surface area contributed by atoms with Crippen LogP contribution in [-0.4, -0.2) is 39.5 Å². The summed E-state index contributed by atoms with van der Waals surface area (Å²) >= 11 is 0.